The Morgan fingerprint density at radius 2 is 0.906 bits per heavy atom. The fourth-order valence-electron chi connectivity index (χ4n) is 7.17. The number of hydrogen-bond acceptors (Lipinski definition) is 5. The average molecular weight is 750 g/mol. The third-order valence-electron chi connectivity index (χ3n) is 10.8. The van der Waals surface area contributed by atoms with Crippen LogP contribution in [0.25, 0.3) is 0 Å². The van der Waals surface area contributed by atoms with E-state index in [1.165, 1.54) is 148 Å². The van der Waals surface area contributed by atoms with E-state index in [1.54, 1.807) is 0 Å². The number of hydrogen-bond donors (Lipinski definition) is 3. The monoisotopic (exact) mass is 750 g/mol. The molecule has 0 aromatic carbocycles. The van der Waals surface area contributed by atoms with Crippen molar-refractivity contribution in [3.8, 4) is 0 Å². The van der Waals surface area contributed by atoms with E-state index in [0.717, 1.165) is 70.6 Å². The number of aliphatic hydroxyl groups is 2. The molecule has 0 saturated heterocycles. The summed E-state index contributed by atoms with van der Waals surface area (Å²) in [7, 11) is 0. The standard InChI is InChI=1S/C47H91NO5/c1-3-5-7-9-11-13-15-16-17-18-19-21-23-27-31-35-39-45(50)44(43-49)48-46(51)40-36-32-28-24-22-26-30-34-38-42-53-47(52)41-37-33-29-25-20-14-12-10-8-6-4-2/h24,28,44-45,49-50H,3-23,25-27,29-43H2,1-2H3,(H,48,51)/b28-24-. The predicted molar refractivity (Wildman–Crippen MR) is 227 cm³/mol. The van der Waals surface area contributed by atoms with Crippen LogP contribution in [0.2, 0.25) is 0 Å². The van der Waals surface area contributed by atoms with Crippen molar-refractivity contribution in [2.75, 3.05) is 13.2 Å². The molecule has 6 nitrogen and oxygen atoms in total. The van der Waals surface area contributed by atoms with Gasteiger partial charge in [0.15, 0.2) is 0 Å². The zero-order chi connectivity index (χ0) is 38.7. The molecule has 0 spiro atoms. The molecule has 0 aliphatic rings. The van der Waals surface area contributed by atoms with E-state index in [-0.39, 0.29) is 18.5 Å². The van der Waals surface area contributed by atoms with E-state index >= 15 is 0 Å². The topological polar surface area (TPSA) is 95.9 Å². The molecule has 2 unspecified atom stereocenters. The summed E-state index contributed by atoms with van der Waals surface area (Å²) in [6, 6.07) is -0.577. The molecule has 0 aliphatic carbocycles. The van der Waals surface area contributed by atoms with Crippen LogP contribution in [0.15, 0.2) is 12.2 Å². The van der Waals surface area contributed by atoms with Crippen LogP contribution in [0.3, 0.4) is 0 Å². The molecular weight excluding hydrogens is 659 g/mol. The third-order valence-corrected chi connectivity index (χ3v) is 10.8. The van der Waals surface area contributed by atoms with Crippen molar-refractivity contribution in [3.05, 3.63) is 12.2 Å². The fourth-order valence-corrected chi connectivity index (χ4v) is 7.17. The van der Waals surface area contributed by atoms with Crippen LogP contribution in [0, 0.1) is 0 Å². The number of rotatable bonds is 43. The smallest absolute Gasteiger partial charge is 0.305 e. The summed E-state index contributed by atoms with van der Waals surface area (Å²) in [5.41, 5.74) is 0. The van der Waals surface area contributed by atoms with E-state index in [0.29, 0.717) is 25.9 Å². The average Bonchev–Trinajstić information content (AvgIpc) is 3.16. The van der Waals surface area contributed by atoms with Gasteiger partial charge in [0.25, 0.3) is 0 Å². The molecule has 0 radical (unpaired) electrons. The Bertz CT molecular complexity index is 787. The van der Waals surface area contributed by atoms with Gasteiger partial charge in [0, 0.05) is 12.8 Å². The fraction of sp³-hybridized carbons (Fsp3) is 0.915. The van der Waals surface area contributed by atoms with Crippen molar-refractivity contribution in [1.29, 1.82) is 0 Å². The maximum absolute atomic E-state index is 12.4. The van der Waals surface area contributed by atoms with Gasteiger partial charge in [-0.15, -0.1) is 0 Å². The van der Waals surface area contributed by atoms with Crippen LogP contribution in [-0.2, 0) is 14.3 Å². The summed E-state index contributed by atoms with van der Waals surface area (Å²) in [6.45, 7) is 4.85. The second kappa shape index (κ2) is 43.3. The highest BCUT2D eigenvalue weighted by atomic mass is 16.5. The molecule has 0 aromatic heterocycles. The zero-order valence-corrected chi connectivity index (χ0v) is 35.5. The highest BCUT2D eigenvalue weighted by Crippen LogP contribution is 2.16. The summed E-state index contributed by atoms with van der Waals surface area (Å²) in [5.74, 6) is -0.130. The molecule has 0 heterocycles. The number of unbranched alkanes of at least 4 members (excludes halogenated alkanes) is 30. The summed E-state index contributed by atoms with van der Waals surface area (Å²) >= 11 is 0. The van der Waals surface area contributed by atoms with Gasteiger partial charge in [-0.3, -0.25) is 9.59 Å². The van der Waals surface area contributed by atoms with E-state index in [9.17, 15) is 19.8 Å². The van der Waals surface area contributed by atoms with E-state index in [2.05, 4.69) is 31.3 Å². The highest BCUT2D eigenvalue weighted by molar-refractivity contribution is 5.76. The van der Waals surface area contributed by atoms with Crippen molar-refractivity contribution in [2.45, 2.75) is 264 Å². The van der Waals surface area contributed by atoms with Crippen molar-refractivity contribution < 1.29 is 24.5 Å². The lowest BCUT2D eigenvalue weighted by atomic mass is 10.0. The number of esters is 1. The minimum Gasteiger partial charge on any atom is -0.466 e. The van der Waals surface area contributed by atoms with Gasteiger partial charge in [-0.05, 0) is 44.9 Å². The number of allylic oxidation sites excluding steroid dienone is 2. The van der Waals surface area contributed by atoms with Gasteiger partial charge in [0.1, 0.15) is 0 Å². The molecule has 3 N–H and O–H groups in total. The van der Waals surface area contributed by atoms with Crippen molar-refractivity contribution in [1.82, 2.24) is 5.32 Å². The zero-order valence-electron chi connectivity index (χ0n) is 35.5. The number of aliphatic hydroxyl groups excluding tert-OH is 2. The molecule has 0 rings (SSSR count). The van der Waals surface area contributed by atoms with Gasteiger partial charge in [0.05, 0.1) is 25.4 Å². The maximum Gasteiger partial charge on any atom is 0.305 e. The molecular formula is C47H91NO5. The van der Waals surface area contributed by atoms with E-state index in [1.807, 2.05) is 0 Å². The summed E-state index contributed by atoms with van der Waals surface area (Å²) in [6.07, 6.45) is 47.5. The highest BCUT2D eigenvalue weighted by Gasteiger charge is 2.19. The number of nitrogens with one attached hydrogen (secondary N) is 1. The van der Waals surface area contributed by atoms with Crippen LogP contribution < -0.4 is 5.32 Å². The first-order valence-corrected chi connectivity index (χ1v) is 23.4. The van der Waals surface area contributed by atoms with Crippen molar-refractivity contribution >= 4 is 11.9 Å². The van der Waals surface area contributed by atoms with Gasteiger partial charge < -0.3 is 20.3 Å². The van der Waals surface area contributed by atoms with E-state index in [4.69, 9.17) is 4.74 Å². The van der Waals surface area contributed by atoms with Crippen molar-refractivity contribution in [2.24, 2.45) is 0 Å². The van der Waals surface area contributed by atoms with E-state index < -0.39 is 12.1 Å². The molecule has 0 bridgehead atoms. The van der Waals surface area contributed by atoms with Crippen LogP contribution in [0.1, 0.15) is 251 Å². The van der Waals surface area contributed by atoms with Crippen molar-refractivity contribution in [3.63, 3.8) is 0 Å². The van der Waals surface area contributed by atoms with Gasteiger partial charge in [-0.25, -0.2) is 0 Å². The second-order valence-electron chi connectivity index (χ2n) is 16.1. The number of carbonyl (C=O) groups excluding carboxylic acids is 2. The molecule has 0 aliphatic heterocycles. The SMILES string of the molecule is CCCCCCCCCCCCCCCCCCC(O)C(CO)NC(=O)CCC/C=C\CCCCCCOC(=O)CCCCCCCCCCCCC. The van der Waals surface area contributed by atoms with Crippen LogP contribution >= 0.6 is 0 Å². The molecule has 53 heavy (non-hydrogen) atoms. The molecule has 0 aromatic rings. The quantitative estimate of drug-likeness (QED) is 0.0328. The van der Waals surface area contributed by atoms with Gasteiger partial charge in [-0.1, -0.05) is 206 Å². The summed E-state index contributed by atoms with van der Waals surface area (Å²) < 4.78 is 5.41. The normalized spacial score (nSPS) is 12.8. The number of amides is 1. The largest absolute Gasteiger partial charge is 0.466 e. The van der Waals surface area contributed by atoms with Crippen LogP contribution in [0.4, 0.5) is 0 Å². The van der Waals surface area contributed by atoms with Gasteiger partial charge in [0.2, 0.25) is 5.91 Å². The Morgan fingerprint density at radius 3 is 1.38 bits per heavy atom. The molecule has 6 heteroatoms. The lowest BCUT2D eigenvalue weighted by Crippen LogP contribution is -2.45. The third kappa shape index (κ3) is 40.1. The molecule has 1 amide bonds. The minimum atomic E-state index is -0.693. The van der Waals surface area contributed by atoms with Gasteiger partial charge >= 0.3 is 5.97 Å². The Kier molecular flexibility index (Phi) is 42.2. The maximum atomic E-state index is 12.4. The first-order valence-electron chi connectivity index (χ1n) is 23.4. The minimum absolute atomic E-state index is 0.0359. The first-order chi connectivity index (χ1) is 26.0. The molecule has 0 saturated carbocycles. The lowest BCUT2D eigenvalue weighted by molar-refractivity contribution is -0.143. The number of ether oxygens (including phenoxy) is 1. The van der Waals surface area contributed by atoms with Crippen LogP contribution in [0.5, 0.6) is 0 Å². The van der Waals surface area contributed by atoms with Crippen LogP contribution in [-0.4, -0.2) is 47.4 Å². The Hall–Kier alpha value is -1.40. The Morgan fingerprint density at radius 1 is 0.509 bits per heavy atom. The Balaban J connectivity index is 3.56. The summed E-state index contributed by atoms with van der Waals surface area (Å²) in [4.78, 5) is 24.4. The molecule has 314 valence electrons. The number of carbonyl (C=O) groups is 2. The lowest BCUT2D eigenvalue weighted by Gasteiger charge is -2.22. The molecule has 0 fully saturated rings. The summed E-state index contributed by atoms with van der Waals surface area (Å²) in [5, 5.41) is 23.1. The predicted octanol–water partition coefficient (Wildman–Crippen LogP) is 13.4. The molecule has 2 atom stereocenters. The first kappa shape index (κ1) is 51.6. The van der Waals surface area contributed by atoms with Gasteiger partial charge in [-0.2, -0.15) is 0 Å². The second-order valence-corrected chi connectivity index (χ2v) is 16.1. The Labute approximate surface area is 329 Å².